The summed E-state index contributed by atoms with van der Waals surface area (Å²) in [6, 6.07) is 28.3. The van der Waals surface area contributed by atoms with Gasteiger partial charge in [-0.15, -0.1) is 0 Å². The van der Waals surface area contributed by atoms with Crippen LogP contribution in [0.4, 0.5) is 0 Å². The Bertz CT molecular complexity index is 1240. The average Bonchev–Trinajstić information content (AvgIpc) is 3.22. The minimum atomic E-state index is 0.416. The third-order valence-corrected chi connectivity index (χ3v) is 6.22. The summed E-state index contributed by atoms with van der Waals surface area (Å²) in [6.45, 7) is 0.416. The highest BCUT2D eigenvalue weighted by Crippen LogP contribution is 2.34. The number of hydrogen-bond acceptors (Lipinski definition) is 2. The van der Waals surface area contributed by atoms with Crippen LogP contribution in [0.25, 0.3) is 16.9 Å². The number of aromatic nitrogens is 1. The Morgan fingerprint density at radius 2 is 1.50 bits per heavy atom. The van der Waals surface area contributed by atoms with Gasteiger partial charge in [0.25, 0.3) is 0 Å². The first-order valence-corrected chi connectivity index (χ1v) is 11.4. The van der Waals surface area contributed by atoms with Crippen molar-refractivity contribution >= 4 is 28.9 Å². The van der Waals surface area contributed by atoms with Crippen LogP contribution in [0.15, 0.2) is 90.1 Å². The summed E-state index contributed by atoms with van der Waals surface area (Å²) in [5.41, 5.74) is 7.84. The van der Waals surface area contributed by atoms with Gasteiger partial charge in [0.05, 0.1) is 11.4 Å². The second-order valence-electron chi connectivity index (χ2n) is 7.86. The van der Waals surface area contributed by atoms with Crippen LogP contribution in [-0.2, 0) is 17.9 Å². The molecule has 160 valence electrons. The van der Waals surface area contributed by atoms with E-state index in [1.807, 2.05) is 42.5 Å². The molecule has 32 heavy (non-hydrogen) atoms. The Balaban J connectivity index is 1.53. The van der Waals surface area contributed by atoms with Gasteiger partial charge in [0.2, 0.25) is 0 Å². The van der Waals surface area contributed by atoms with E-state index in [0.717, 1.165) is 52.5 Å². The van der Waals surface area contributed by atoms with E-state index in [4.69, 9.17) is 28.0 Å². The number of benzene rings is 3. The maximum absolute atomic E-state index is 6.16. The Morgan fingerprint density at radius 1 is 0.812 bits per heavy atom. The summed E-state index contributed by atoms with van der Waals surface area (Å²) in [7, 11) is 0. The van der Waals surface area contributed by atoms with E-state index in [1.54, 1.807) is 0 Å². The van der Waals surface area contributed by atoms with Crippen LogP contribution in [0.1, 0.15) is 29.7 Å². The molecule has 0 aliphatic heterocycles. The molecule has 0 bridgehead atoms. The van der Waals surface area contributed by atoms with E-state index in [9.17, 15) is 0 Å². The quantitative estimate of drug-likeness (QED) is 0.280. The molecule has 0 atom stereocenters. The first kappa shape index (κ1) is 20.9. The van der Waals surface area contributed by atoms with Crippen LogP contribution in [0.5, 0.6) is 0 Å². The second kappa shape index (κ2) is 9.23. The number of nitrogens with zero attached hydrogens (tertiary/aromatic N) is 2. The monoisotopic (exact) mass is 460 g/mol. The second-order valence-corrected chi connectivity index (χ2v) is 8.73. The van der Waals surface area contributed by atoms with Gasteiger partial charge in [-0.05, 0) is 72.9 Å². The molecule has 5 heteroatoms. The molecule has 0 saturated heterocycles. The molecule has 5 rings (SSSR count). The van der Waals surface area contributed by atoms with Crippen LogP contribution in [0.3, 0.4) is 0 Å². The molecule has 4 aromatic rings. The third-order valence-electron chi connectivity index (χ3n) is 5.71. The smallest absolute Gasteiger partial charge is 0.142 e. The van der Waals surface area contributed by atoms with Gasteiger partial charge in [-0.2, -0.15) is 0 Å². The van der Waals surface area contributed by atoms with Crippen LogP contribution < -0.4 is 0 Å². The van der Waals surface area contributed by atoms with Crippen LogP contribution in [0, 0.1) is 0 Å². The molecule has 3 nitrogen and oxygen atoms in total. The molecule has 0 fully saturated rings. The van der Waals surface area contributed by atoms with Crippen molar-refractivity contribution in [2.24, 2.45) is 5.16 Å². The Morgan fingerprint density at radius 3 is 2.22 bits per heavy atom. The van der Waals surface area contributed by atoms with Crippen molar-refractivity contribution < 1.29 is 4.84 Å². The van der Waals surface area contributed by atoms with Crippen molar-refractivity contribution in [1.29, 1.82) is 0 Å². The Hall–Kier alpha value is -3.01. The number of oxime groups is 1. The first-order valence-electron chi connectivity index (χ1n) is 10.7. The van der Waals surface area contributed by atoms with E-state index in [2.05, 4.69) is 52.2 Å². The van der Waals surface area contributed by atoms with Gasteiger partial charge in [-0.1, -0.05) is 70.8 Å². The fourth-order valence-electron chi connectivity index (χ4n) is 4.17. The van der Waals surface area contributed by atoms with Crippen molar-refractivity contribution in [3.05, 3.63) is 112 Å². The van der Waals surface area contributed by atoms with Crippen LogP contribution in [-0.4, -0.2) is 10.3 Å². The minimum absolute atomic E-state index is 0.416. The molecule has 1 aliphatic carbocycles. The van der Waals surface area contributed by atoms with E-state index >= 15 is 0 Å². The molecule has 0 radical (unpaired) electrons. The maximum atomic E-state index is 6.16. The summed E-state index contributed by atoms with van der Waals surface area (Å²) < 4.78 is 2.33. The summed E-state index contributed by atoms with van der Waals surface area (Å²) in [5.74, 6) is 0. The lowest BCUT2D eigenvalue weighted by Gasteiger charge is -2.18. The van der Waals surface area contributed by atoms with Crippen LogP contribution in [0.2, 0.25) is 10.0 Å². The molecule has 0 amide bonds. The van der Waals surface area contributed by atoms with Gasteiger partial charge in [-0.3, -0.25) is 0 Å². The first-order chi connectivity index (χ1) is 15.7. The highest BCUT2D eigenvalue weighted by Gasteiger charge is 2.24. The molecule has 0 saturated carbocycles. The molecular weight excluding hydrogens is 439 g/mol. The Kier molecular flexibility index (Phi) is 6.02. The summed E-state index contributed by atoms with van der Waals surface area (Å²) in [6.07, 6.45) is 2.91. The lowest BCUT2D eigenvalue weighted by molar-refractivity contribution is 0.130. The van der Waals surface area contributed by atoms with Crippen molar-refractivity contribution in [1.82, 2.24) is 4.57 Å². The van der Waals surface area contributed by atoms with Gasteiger partial charge < -0.3 is 9.40 Å². The van der Waals surface area contributed by atoms with Gasteiger partial charge in [0, 0.05) is 27.0 Å². The zero-order valence-electron chi connectivity index (χ0n) is 17.5. The molecule has 3 aromatic carbocycles. The highest BCUT2D eigenvalue weighted by atomic mass is 35.5. The number of halogens is 2. The zero-order valence-corrected chi connectivity index (χ0v) is 19.0. The van der Waals surface area contributed by atoms with E-state index in [-0.39, 0.29) is 0 Å². The topological polar surface area (TPSA) is 26.5 Å². The normalized spacial score (nSPS) is 14.4. The summed E-state index contributed by atoms with van der Waals surface area (Å²) >= 11 is 12.1. The van der Waals surface area contributed by atoms with Gasteiger partial charge in [0.1, 0.15) is 6.61 Å². The van der Waals surface area contributed by atoms with E-state index in [0.29, 0.717) is 11.6 Å². The van der Waals surface area contributed by atoms with Gasteiger partial charge in [-0.25, -0.2) is 0 Å². The van der Waals surface area contributed by atoms with E-state index in [1.165, 1.54) is 11.3 Å². The average molecular weight is 461 g/mol. The lowest BCUT2D eigenvalue weighted by atomic mass is 9.95. The fourth-order valence-corrected chi connectivity index (χ4v) is 4.42. The largest absolute Gasteiger partial charge is 0.391 e. The predicted octanol–water partition coefficient (Wildman–Crippen LogP) is 7.71. The molecule has 1 aliphatic rings. The standard InChI is InChI=1S/C27H22Cl2N2O/c28-21-11-9-19(10-12-21)18-32-30-25-7-4-8-26-24(25)17-27(20-5-2-1-3-6-20)31(26)23-15-13-22(29)14-16-23/h1-3,5-6,9-17H,4,7-8,18H2/b30-25-. The third kappa shape index (κ3) is 4.32. The highest BCUT2D eigenvalue weighted by molar-refractivity contribution is 6.30. The van der Waals surface area contributed by atoms with Crippen molar-refractivity contribution in [3.8, 4) is 16.9 Å². The molecule has 0 unspecified atom stereocenters. The molecule has 1 heterocycles. The Labute approximate surface area is 197 Å². The molecule has 0 spiro atoms. The zero-order chi connectivity index (χ0) is 21.9. The molecular formula is C27H22Cl2N2O. The number of fused-ring (bicyclic) bond motifs is 1. The van der Waals surface area contributed by atoms with Crippen LogP contribution >= 0.6 is 23.2 Å². The molecule has 1 aromatic heterocycles. The van der Waals surface area contributed by atoms with E-state index < -0.39 is 0 Å². The van der Waals surface area contributed by atoms with Crippen molar-refractivity contribution in [2.75, 3.05) is 0 Å². The number of hydrogen-bond donors (Lipinski definition) is 0. The summed E-state index contributed by atoms with van der Waals surface area (Å²) in [5, 5.41) is 5.99. The molecule has 0 N–H and O–H groups in total. The number of rotatable bonds is 5. The lowest BCUT2D eigenvalue weighted by Crippen LogP contribution is -2.14. The summed E-state index contributed by atoms with van der Waals surface area (Å²) in [4.78, 5) is 5.75. The van der Waals surface area contributed by atoms with Crippen molar-refractivity contribution in [3.63, 3.8) is 0 Å². The van der Waals surface area contributed by atoms with Gasteiger partial charge in [0.15, 0.2) is 0 Å². The minimum Gasteiger partial charge on any atom is -0.391 e. The van der Waals surface area contributed by atoms with Gasteiger partial charge >= 0.3 is 0 Å². The fraction of sp³-hybridized carbons (Fsp3) is 0.148. The predicted molar refractivity (Wildman–Crippen MR) is 132 cm³/mol. The SMILES string of the molecule is Clc1ccc(CO/N=C2/CCCc3c2cc(-c2ccccc2)n3-c2ccc(Cl)cc2)cc1. The maximum Gasteiger partial charge on any atom is 0.142 e. The van der Waals surface area contributed by atoms with Crippen molar-refractivity contribution in [2.45, 2.75) is 25.9 Å².